The van der Waals surface area contributed by atoms with Crippen LogP contribution in [0.1, 0.15) is 6.42 Å². The number of methoxy groups -OCH3 is 1. The molecule has 298 valence electrons. The van der Waals surface area contributed by atoms with E-state index in [1.54, 1.807) is 4.90 Å². The normalized spacial score (nSPS) is 18.3. The highest BCUT2D eigenvalue weighted by Gasteiger charge is 2.34. The first-order chi connectivity index (χ1) is 23.7. The van der Waals surface area contributed by atoms with Gasteiger partial charge in [0.15, 0.2) is 0 Å². The first-order valence-corrected chi connectivity index (χ1v) is 18.9. The van der Waals surface area contributed by atoms with Crippen molar-refractivity contribution in [3.8, 4) is 0 Å². The molecular weight excluding hydrogens is 730 g/mol. The van der Waals surface area contributed by atoms with E-state index in [-0.39, 0.29) is 72.1 Å². The molecule has 1 aliphatic heterocycles. The molecule has 0 aromatic carbocycles. The van der Waals surface area contributed by atoms with Crippen LogP contribution in [0.25, 0.3) is 0 Å². The van der Waals surface area contributed by atoms with Crippen LogP contribution < -0.4 is 16.0 Å². The highest BCUT2D eigenvalue weighted by Crippen LogP contribution is 2.34. The average Bonchev–Trinajstić information content (AvgIpc) is 2.97. The maximum absolute atomic E-state index is 13.2. The van der Waals surface area contributed by atoms with Crippen molar-refractivity contribution in [2.45, 2.75) is 18.5 Å². The Bertz CT molecular complexity index is 1130. The van der Waals surface area contributed by atoms with Gasteiger partial charge in [-0.25, -0.2) is 0 Å². The van der Waals surface area contributed by atoms with Crippen molar-refractivity contribution in [1.82, 2.24) is 35.6 Å². The Labute approximate surface area is 297 Å². The van der Waals surface area contributed by atoms with Gasteiger partial charge in [0, 0.05) is 72.6 Å². The molecule has 1 heterocycles. The largest absolute Gasteiger partial charge is 0.480 e. The summed E-state index contributed by atoms with van der Waals surface area (Å²) in [4.78, 5) is 79.7. The van der Waals surface area contributed by atoms with E-state index in [9.17, 15) is 71.4 Å². The van der Waals surface area contributed by atoms with Crippen molar-refractivity contribution >= 4 is 57.4 Å². The summed E-state index contributed by atoms with van der Waals surface area (Å²) in [6.45, 7) is -0.674. The highest BCUT2D eigenvalue weighted by molar-refractivity contribution is 8.19. The number of carbonyl (C=O) groups is 6. The Morgan fingerprint density at radius 3 is 1.27 bits per heavy atom. The second-order valence-corrected chi connectivity index (χ2v) is 14.9. The summed E-state index contributed by atoms with van der Waals surface area (Å²) in [5.74, 6) is -8.80. The molecule has 23 nitrogen and oxygen atoms in total. The van der Waals surface area contributed by atoms with E-state index in [0.29, 0.717) is 6.42 Å². The SMILES string of the molecule is COCCCNC(=O)[C@H](CS(O)(O)O)NC(=O)[C@H](CS(O)(O)O)NC(=O)CN1CCN(CC(=O)O)CCN(CC(=O)O)CCN(CC(=O)O)CC1. The van der Waals surface area contributed by atoms with Gasteiger partial charge >= 0.3 is 17.9 Å². The number of hydrogen-bond acceptors (Lipinski definition) is 17. The van der Waals surface area contributed by atoms with Crippen molar-refractivity contribution in [2.24, 2.45) is 0 Å². The van der Waals surface area contributed by atoms with E-state index >= 15 is 0 Å². The topological polar surface area (TPSA) is 343 Å². The van der Waals surface area contributed by atoms with Crippen molar-refractivity contribution < 1.29 is 76.1 Å². The van der Waals surface area contributed by atoms with Gasteiger partial charge in [0.1, 0.15) is 12.1 Å². The number of carbonyl (C=O) groups excluding carboxylic acids is 3. The van der Waals surface area contributed by atoms with Crippen LogP contribution in [0.4, 0.5) is 0 Å². The first-order valence-electron chi connectivity index (χ1n) is 15.5. The van der Waals surface area contributed by atoms with E-state index < -0.39 is 101 Å². The number of carboxylic acids is 3. The fraction of sp³-hybridized carbons (Fsp3) is 0.769. The summed E-state index contributed by atoms with van der Waals surface area (Å²) < 4.78 is 62.7. The van der Waals surface area contributed by atoms with Gasteiger partial charge in [-0.3, -0.25) is 48.4 Å². The van der Waals surface area contributed by atoms with Crippen LogP contribution in [0, 0.1) is 0 Å². The predicted octanol–water partition coefficient (Wildman–Crippen LogP) is -2.97. The monoisotopic (exact) mass is 781 g/mol. The van der Waals surface area contributed by atoms with Gasteiger partial charge in [0.25, 0.3) is 0 Å². The predicted molar refractivity (Wildman–Crippen MR) is 183 cm³/mol. The van der Waals surface area contributed by atoms with Crippen molar-refractivity contribution in [3.05, 3.63) is 0 Å². The number of nitrogens with one attached hydrogen (secondary N) is 3. The molecule has 0 spiro atoms. The Kier molecular flexibility index (Phi) is 20.7. The molecular formula is C26H51N7O16S2. The number of carboxylic acid groups (broad SMARTS) is 3. The summed E-state index contributed by atoms with van der Waals surface area (Å²) in [5.41, 5.74) is 0. The lowest BCUT2D eigenvalue weighted by atomic mass is 10.2. The highest BCUT2D eigenvalue weighted by atomic mass is 32.3. The maximum Gasteiger partial charge on any atom is 0.317 e. The number of aliphatic carboxylic acids is 3. The standard InChI is InChI=1S/C26H51N7O16S2/c1-49-12-2-3-27-25(41)19(17-50(43,44)45)29-26(42)20(18-51(46,47)48)28-21(34)13-30-4-6-31(14-22(35)36)8-10-33(16-24(39)40)11-9-32(7-5-30)15-23(37)38/h19-20,43-48H,2-18H2,1H3,(H,27,41)(H,28,34)(H,29,42)(H,35,36)(H,37,38)(H,39,40)/t19-,20-/m0/s1. The number of nitrogens with zero attached hydrogens (tertiary/aromatic N) is 4. The Morgan fingerprint density at radius 1 is 0.588 bits per heavy atom. The van der Waals surface area contributed by atoms with Crippen LogP contribution in [0.3, 0.4) is 0 Å². The summed E-state index contributed by atoms with van der Waals surface area (Å²) in [5, 5.41) is 34.8. The van der Waals surface area contributed by atoms with Gasteiger partial charge < -0.3 is 63.3 Å². The molecule has 2 atom stereocenters. The van der Waals surface area contributed by atoms with Gasteiger partial charge in [-0.2, -0.15) is 0 Å². The van der Waals surface area contributed by atoms with Crippen LogP contribution >= 0.6 is 21.7 Å². The zero-order valence-electron chi connectivity index (χ0n) is 28.2. The molecule has 1 rings (SSSR count). The molecule has 12 N–H and O–H groups in total. The van der Waals surface area contributed by atoms with Crippen LogP contribution in [-0.2, 0) is 33.5 Å². The first kappa shape index (κ1) is 46.1. The third kappa shape index (κ3) is 22.6. The summed E-state index contributed by atoms with van der Waals surface area (Å²) in [6.07, 6.45) is 0.337. The van der Waals surface area contributed by atoms with Gasteiger partial charge in [0.2, 0.25) is 17.7 Å². The Morgan fingerprint density at radius 2 is 0.941 bits per heavy atom. The molecule has 0 unspecified atom stereocenters. The fourth-order valence-electron chi connectivity index (χ4n) is 4.86. The molecule has 0 saturated carbocycles. The lowest BCUT2D eigenvalue weighted by Gasteiger charge is -2.33. The van der Waals surface area contributed by atoms with Gasteiger partial charge in [0.05, 0.1) is 59.4 Å². The number of amides is 3. The zero-order chi connectivity index (χ0) is 38.8. The van der Waals surface area contributed by atoms with E-state index in [4.69, 9.17) is 4.74 Å². The molecule has 0 radical (unpaired) electrons. The summed E-state index contributed by atoms with van der Waals surface area (Å²) in [7, 11) is -7.37. The molecule has 1 fully saturated rings. The summed E-state index contributed by atoms with van der Waals surface area (Å²) in [6, 6.07) is -3.69. The van der Waals surface area contributed by atoms with E-state index in [2.05, 4.69) is 16.0 Å². The molecule has 0 bridgehead atoms. The van der Waals surface area contributed by atoms with Crippen molar-refractivity contribution in [3.63, 3.8) is 0 Å². The third-order valence-electron chi connectivity index (χ3n) is 7.26. The Balaban J connectivity index is 3.20. The molecule has 3 amide bonds. The maximum atomic E-state index is 13.2. The zero-order valence-corrected chi connectivity index (χ0v) is 29.8. The number of ether oxygens (including phenoxy) is 1. The lowest BCUT2D eigenvalue weighted by molar-refractivity contribution is -0.140. The average molecular weight is 782 g/mol. The molecule has 51 heavy (non-hydrogen) atoms. The lowest BCUT2D eigenvalue weighted by Crippen LogP contribution is -2.58. The van der Waals surface area contributed by atoms with Crippen LogP contribution in [0.2, 0.25) is 0 Å². The van der Waals surface area contributed by atoms with Crippen LogP contribution in [0.15, 0.2) is 0 Å². The van der Waals surface area contributed by atoms with E-state index in [0.717, 1.165) is 0 Å². The van der Waals surface area contributed by atoms with Crippen molar-refractivity contribution in [2.75, 3.05) is 110 Å². The molecule has 0 aliphatic carbocycles. The molecule has 25 heteroatoms. The minimum atomic E-state index is -4.45. The summed E-state index contributed by atoms with van der Waals surface area (Å²) >= 11 is 0. The molecule has 1 saturated heterocycles. The molecule has 0 aromatic heterocycles. The fourth-order valence-corrected chi connectivity index (χ4v) is 6.23. The van der Waals surface area contributed by atoms with Crippen LogP contribution in [-0.4, -0.2) is 220 Å². The minimum absolute atomic E-state index is 0.0330. The van der Waals surface area contributed by atoms with Gasteiger partial charge in [-0.1, -0.05) is 0 Å². The van der Waals surface area contributed by atoms with Gasteiger partial charge in [-0.15, -0.1) is 0 Å². The smallest absolute Gasteiger partial charge is 0.317 e. The second kappa shape index (κ2) is 22.9. The molecule has 0 aromatic rings. The second-order valence-electron chi connectivity index (χ2n) is 11.7. The van der Waals surface area contributed by atoms with E-state index in [1.807, 2.05) is 0 Å². The quantitative estimate of drug-likeness (QED) is 0.0549. The Hall–Kier alpha value is -2.92. The molecule has 1 aliphatic rings. The van der Waals surface area contributed by atoms with E-state index in [1.165, 1.54) is 21.8 Å². The van der Waals surface area contributed by atoms with Gasteiger partial charge in [-0.05, 0) is 6.42 Å². The number of rotatable bonds is 20. The third-order valence-corrected chi connectivity index (χ3v) is 8.82. The van der Waals surface area contributed by atoms with Crippen LogP contribution in [0.5, 0.6) is 0 Å². The van der Waals surface area contributed by atoms with Crippen molar-refractivity contribution in [1.29, 1.82) is 0 Å². The minimum Gasteiger partial charge on any atom is -0.480 e. The number of hydrogen-bond donors (Lipinski definition) is 12.